The molecular formula is C61H49N3O. The zero-order valence-electron chi connectivity index (χ0n) is 37.2. The van der Waals surface area contributed by atoms with Gasteiger partial charge in [-0.05, 0) is 131 Å². The molecule has 65 heavy (non-hydrogen) atoms. The normalized spacial score (nSPS) is 15.5. The van der Waals surface area contributed by atoms with Crippen molar-refractivity contribution in [2.75, 3.05) is 9.80 Å². The van der Waals surface area contributed by atoms with Gasteiger partial charge in [-0.25, -0.2) is 0 Å². The maximum absolute atomic E-state index is 13.7. The molecule has 2 aliphatic carbocycles. The second kappa shape index (κ2) is 14.7. The van der Waals surface area contributed by atoms with E-state index < -0.39 is 0 Å². The lowest BCUT2D eigenvalue weighted by atomic mass is 9.68. The van der Waals surface area contributed by atoms with Crippen LogP contribution in [0, 0.1) is 0 Å². The van der Waals surface area contributed by atoms with E-state index in [4.69, 9.17) is 0 Å². The number of hydrogen-bond donors (Lipinski definition) is 0. The summed E-state index contributed by atoms with van der Waals surface area (Å²) in [4.78, 5) is 18.6. The average molecular weight is 840 g/mol. The van der Waals surface area contributed by atoms with Gasteiger partial charge in [0.15, 0.2) is 5.78 Å². The smallest absolute Gasteiger partial charge is 0.193 e. The summed E-state index contributed by atoms with van der Waals surface area (Å²) in [6.45, 7) is 9.24. The zero-order chi connectivity index (χ0) is 44.0. The third-order valence-corrected chi connectivity index (χ3v) is 14.4. The lowest BCUT2D eigenvalue weighted by Crippen LogP contribution is -2.31. The fourth-order valence-corrected chi connectivity index (χ4v) is 11.0. The molecule has 0 radical (unpaired) electrons. The van der Waals surface area contributed by atoms with Gasteiger partial charge in [0.25, 0.3) is 0 Å². The van der Waals surface area contributed by atoms with E-state index in [1.54, 1.807) is 0 Å². The van der Waals surface area contributed by atoms with Crippen LogP contribution in [0.2, 0.25) is 0 Å². The molecule has 0 saturated carbocycles. The Bertz CT molecular complexity index is 3400. The van der Waals surface area contributed by atoms with Crippen molar-refractivity contribution in [2.45, 2.75) is 51.4 Å². The number of carbonyl (C=O) groups is 1. The van der Waals surface area contributed by atoms with Crippen LogP contribution in [0.25, 0.3) is 38.6 Å². The van der Waals surface area contributed by atoms with Gasteiger partial charge >= 0.3 is 0 Å². The molecule has 0 unspecified atom stereocenters. The van der Waals surface area contributed by atoms with Gasteiger partial charge in [-0.1, -0.05) is 143 Å². The summed E-state index contributed by atoms with van der Waals surface area (Å²) in [7, 11) is 0. The molecule has 9 aromatic rings. The second-order valence-electron chi connectivity index (χ2n) is 18.8. The third-order valence-electron chi connectivity index (χ3n) is 14.4. The first-order valence-electron chi connectivity index (χ1n) is 22.9. The summed E-state index contributed by atoms with van der Waals surface area (Å²) in [5.74, 6) is 0.102. The minimum Gasteiger partial charge on any atom is -0.311 e. The predicted molar refractivity (Wildman–Crippen MR) is 270 cm³/mol. The molecule has 1 aliphatic heterocycles. The summed E-state index contributed by atoms with van der Waals surface area (Å²) in [5, 5.41) is 2.51. The first-order chi connectivity index (χ1) is 31.7. The van der Waals surface area contributed by atoms with E-state index in [9.17, 15) is 4.79 Å². The number of aromatic nitrogens is 1. The monoisotopic (exact) mass is 839 g/mol. The molecule has 1 aromatic heterocycles. The van der Waals surface area contributed by atoms with Crippen LogP contribution in [0.5, 0.6) is 0 Å². The zero-order valence-corrected chi connectivity index (χ0v) is 37.2. The number of benzene rings is 8. The summed E-state index contributed by atoms with van der Waals surface area (Å²) < 4.78 is 2.43. The van der Waals surface area contributed by atoms with Gasteiger partial charge < -0.3 is 14.4 Å². The number of hydrogen-bond acceptors (Lipinski definition) is 3. The lowest BCUT2D eigenvalue weighted by Gasteiger charge is -2.43. The Morgan fingerprint density at radius 2 is 1.08 bits per heavy atom. The van der Waals surface area contributed by atoms with Crippen molar-refractivity contribution in [3.63, 3.8) is 0 Å². The number of ketones is 1. The van der Waals surface area contributed by atoms with Gasteiger partial charge in [0, 0.05) is 61.2 Å². The van der Waals surface area contributed by atoms with E-state index in [-0.39, 0.29) is 16.6 Å². The van der Waals surface area contributed by atoms with E-state index in [1.807, 2.05) is 24.3 Å². The number of nitrogens with zero attached hydrogens (tertiary/aromatic N) is 3. The molecule has 0 amide bonds. The van der Waals surface area contributed by atoms with Crippen molar-refractivity contribution in [1.82, 2.24) is 4.57 Å². The van der Waals surface area contributed by atoms with Crippen molar-refractivity contribution >= 4 is 56.0 Å². The van der Waals surface area contributed by atoms with E-state index in [0.29, 0.717) is 0 Å². The molecule has 0 saturated heterocycles. The van der Waals surface area contributed by atoms with Crippen LogP contribution in [0.4, 0.5) is 28.4 Å². The number of allylic oxidation sites excluding steroid dienone is 3. The average Bonchev–Trinajstić information content (AvgIpc) is 3.69. The largest absolute Gasteiger partial charge is 0.311 e. The molecule has 0 N–H and O–H groups in total. The number of fused-ring (bicyclic) bond motifs is 7. The van der Waals surface area contributed by atoms with Crippen LogP contribution < -0.4 is 9.80 Å². The molecule has 8 aromatic carbocycles. The molecule has 0 spiro atoms. The first-order valence-corrected chi connectivity index (χ1v) is 22.9. The van der Waals surface area contributed by atoms with Crippen molar-refractivity contribution in [3.05, 3.63) is 239 Å². The highest BCUT2D eigenvalue weighted by Gasteiger charge is 2.39. The van der Waals surface area contributed by atoms with Crippen molar-refractivity contribution < 1.29 is 4.79 Å². The molecule has 314 valence electrons. The Balaban J connectivity index is 1.02. The Morgan fingerprint density at radius 1 is 0.477 bits per heavy atom. The van der Waals surface area contributed by atoms with Crippen molar-refractivity contribution in [3.8, 4) is 16.8 Å². The van der Waals surface area contributed by atoms with Crippen LogP contribution >= 0.6 is 0 Å². The highest BCUT2D eigenvalue weighted by Crippen LogP contribution is 2.54. The molecule has 0 fully saturated rings. The Kier molecular flexibility index (Phi) is 8.80. The molecule has 0 atom stereocenters. The minimum atomic E-state index is -0.364. The van der Waals surface area contributed by atoms with Gasteiger partial charge in [0.2, 0.25) is 0 Å². The Morgan fingerprint density at radius 3 is 1.80 bits per heavy atom. The first kappa shape index (κ1) is 38.9. The molecule has 0 bridgehead atoms. The Labute approximate surface area is 381 Å². The van der Waals surface area contributed by atoms with Crippen LogP contribution in [-0.4, -0.2) is 10.4 Å². The molecule has 4 heteroatoms. The van der Waals surface area contributed by atoms with Crippen molar-refractivity contribution in [2.24, 2.45) is 0 Å². The number of rotatable bonds is 6. The quantitative estimate of drug-likeness (QED) is 0.167. The molecular weight excluding hydrogens is 791 g/mol. The maximum Gasteiger partial charge on any atom is 0.193 e. The summed E-state index contributed by atoms with van der Waals surface area (Å²) in [6, 6.07) is 65.8. The fourth-order valence-electron chi connectivity index (χ4n) is 11.0. The highest BCUT2D eigenvalue weighted by molar-refractivity contribution is 6.13. The van der Waals surface area contributed by atoms with E-state index in [1.165, 1.54) is 38.6 Å². The lowest BCUT2D eigenvalue weighted by molar-refractivity contribution is 0.103. The third kappa shape index (κ3) is 6.00. The van der Waals surface area contributed by atoms with Gasteiger partial charge in [0.05, 0.1) is 22.4 Å². The van der Waals surface area contributed by atoms with Crippen LogP contribution in [0.15, 0.2) is 206 Å². The van der Waals surface area contributed by atoms with Crippen LogP contribution in [0.1, 0.15) is 78.7 Å². The predicted octanol–water partition coefficient (Wildman–Crippen LogP) is 15.8. The standard InChI is InChI=1S/C61H49N3O/c1-60(2)51-24-14-11-23-49(51)59(65)50-34-29-41(37-52(50)60)40-27-30-44(31-28-40)63-57-35-32-45(62(42-17-7-5-8-18-42)43-19-9-6-10-20-43)38-53(57)61(3,4)54-39-46(33-36-58(54)63)64-55-25-15-12-21-47(55)48-22-13-16-26-56(48)64/h5,7-9,11-39H,6,10H2,1-4H3. The Hall–Kier alpha value is -7.69. The number of anilines is 5. The van der Waals surface area contributed by atoms with E-state index in [0.717, 1.165) is 80.3 Å². The molecule has 3 aliphatic rings. The van der Waals surface area contributed by atoms with Crippen LogP contribution in [0.3, 0.4) is 0 Å². The number of para-hydroxylation sites is 3. The van der Waals surface area contributed by atoms with Gasteiger partial charge in [-0.2, -0.15) is 0 Å². The SMILES string of the molecule is CC1(C)c2ccccc2C(=O)c2ccc(-c3ccc(N4c5ccc(N(C6=CCCC=C6)c6ccccc6)cc5C(C)(C)c5cc(-n6c7ccccc7c7ccccc76)ccc54)cc3)cc21. The molecule has 12 rings (SSSR count). The fraction of sp³-hybridized carbons (Fsp3) is 0.131. The van der Waals surface area contributed by atoms with Gasteiger partial charge in [-0.15, -0.1) is 0 Å². The topological polar surface area (TPSA) is 28.5 Å². The summed E-state index contributed by atoms with van der Waals surface area (Å²) in [6.07, 6.45) is 8.99. The van der Waals surface area contributed by atoms with Crippen LogP contribution in [-0.2, 0) is 10.8 Å². The van der Waals surface area contributed by atoms with Gasteiger partial charge in [0.1, 0.15) is 0 Å². The second-order valence-corrected chi connectivity index (χ2v) is 18.8. The summed E-state index contributed by atoms with van der Waals surface area (Å²) >= 11 is 0. The molecule has 4 nitrogen and oxygen atoms in total. The highest BCUT2D eigenvalue weighted by atomic mass is 16.1. The minimum absolute atomic E-state index is 0.102. The van der Waals surface area contributed by atoms with E-state index in [2.05, 4.69) is 218 Å². The number of carbonyl (C=O) groups excluding carboxylic acids is 1. The summed E-state index contributed by atoms with van der Waals surface area (Å²) in [5.41, 5.74) is 18.2. The van der Waals surface area contributed by atoms with Gasteiger partial charge in [-0.3, -0.25) is 4.79 Å². The molecule has 2 heterocycles. The van der Waals surface area contributed by atoms with Crippen molar-refractivity contribution in [1.29, 1.82) is 0 Å². The van der Waals surface area contributed by atoms with E-state index >= 15 is 0 Å². The maximum atomic E-state index is 13.7.